The molecule has 29 heavy (non-hydrogen) atoms. The highest BCUT2D eigenvalue weighted by molar-refractivity contribution is 7.80. The van der Waals surface area contributed by atoms with Gasteiger partial charge in [-0.05, 0) is 29.8 Å². The Hall–Kier alpha value is -3.52. The molecule has 0 bridgehead atoms. The van der Waals surface area contributed by atoms with Gasteiger partial charge in [-0.2, -0.15) is 0 Å². The van der Waals surface area contributed by atoms with Crippen LogP contribution in [-0.4, -0.2) is 19.2 Å². The zero-order chi connectivity index (χ0) is 20.7. The minimum absolute atomic E-state index is 0.0282. The van der Waals surface area contributed by atoms with E-state index in [0.717, 1.165) is 0 Å². The highest BCUT2D eigenvalue weighted by Crippen LogP contribution is 2.45. The van der Waals surface area contributed by atoms with Gasteiger partial charge in [0.25, 0.3) is 0 Å². The maximum Gasteiger partial charge on any atom is 0.344 e. The van der Waals surface area contributed by atoms with Gasteiger partial charge < -0.3 is 30.1 Å². The number of benzene rings is 2. The molecule has 1 atom stereocenters. The van der Waals surface area contributed by atoms with Crippen molar-refractivity contribution in [3.63, 3.8) is 0 Å². The van der Waals surface area contributed by atoms with Crippen molar-refractivity contribution in [2.75, 3.05) is 14.2 Å². The third-order valence-electron chi connectivity index (χ3n) is 4.86. The zero-order valence-corrected chi connectivity index (χ0v) is 16.5. The summed E-state index contributed by atoms with van der Waals surface area (Å²) >= 11 is 5.22. The standard InChI is InChI=1S/C21H18N2O5S/c1-25-13-8-7-10(9-14(13)26-2)15-16-18(28-19(22)17(15)20(23)29)11-5-3-4-6-12(11)27-21(16)24/h3-9,15H,22H2,1-2H3,(H2,23,29)/t15-/m0/s1. The molecule has 1 aromatic heterocycles. The number of para-hydroxylation sites is 1. The Balaban J connectivity index is 2.06. The molecular formula is C21H18N2O5S. The lowest BCUT2D eigenvalue weighted by atomic mass is 9.83. The van der Waals surface area contributed by atoms with Gasteiger partial charge in [0.2, 0.25) is 0 Å². The fraction of sp³-hybridized carbons (Fsp3) is 0.143. The number of hydrogen-bond donors (Lipinski definition) is 2. The molecule has 8 heteroatoms. The van der Waals surface area contributed by atoms with Crippen LogP contribution in [0.1, 0.15) is 17.0 Å². The first kappa shape index (κ1) is 18.8. The number of thiocarbonyl (C=S) groups is 1. The average molecular weight is 410 g/mol. The molecule has 148 valence electrons. The van der Waals surface area contributed by atoms with E-state index in [2.05, 4.69) is 0 Å². The molecule has 3 aromatic rings. The summed E-state index contributed by atoms with van der Waals surface area (Å²) in [6.07, 6.45) is 0. The van der Waals surface area contributed by atoms with Crippen LogP contribution < -0.4 is 31.3 Å². The van der Waals surface area contributed by atoms with Crippen molar-refractivity contribution < 1.29 is 18.6 Å². The van der Waals surface area contributed by atoms with E-state index in [0.29, 0.717) is 39.4 Å². The SMILES string of the molecule is COc1ccc([C@@H]2C(C(N)=S)=C(N)Oc3c2c(=O)oc2ccccc32)cc1OC. The summed E-state index contributed by atoms with van der Waals surface area (Å²) in [6, 6.07) is 12.3. The van der Waals surface area contributed by atoms with Gasteiger partial charge in [-0.1, -0.05) is 30.4 Å². The first-order chi connectivity index (χ1) is 14.0. The Bertz CT molecular complexity index is 1230. The second kappa shape index (κ2) is 7.14. The second-order valence-electron chi connectivity index (χ2n) is 6.42. The number of hydrogen-bond acceptors (Lipinski definition) is 7. The molecule has 0 amide bonds. The maximum atomic E-state index is 13.0. The van der Waals surface area contributed by atoms with E-state index in [1.807, 2.05) is 6.07 Å². The predicted molar refractivity (Wildman–Crippen MR) is 112 cm³/mol. The van der Waals surface area contributed by atoms with Crippen molar-refractivity contribution >= 4 is 28.2 Å². The summed E-state index contributed by atoms with van der Waals surface area (Å²) < 4.78 is 22.1. The van der Waals surface area contributed by atoms with Crippen molar-refractivity contribution in [1.29, 1.82) is 0 Å². The minimum Gasteiger partial charge on any atom is -0.493 e. The fourth-order valence-corrected chi connectivity index (χ4v) is 3.79. The van der Waals surface area contributed by atoms with Gasteiger partial charge in [0, 0.05) is 0 Å². The van der Waals surface area contributed by atoms with Crippen molar-refractivity contribution in [1.82, 2.24) is 0 Å². The van der Waals surface area contributed by atoms with Gasteiger partial charge in [-0.25, -0.2) is 4.79 Å². The lowest BCUT2D eigenvalue weighted by Crippen LogP contribution is -2.32. The topological polar surface area (TPSA) is 110 Å². The van der Waals surface area contributed by atoms with Gasteiger partial charge in [0.15, 0.2) is 23.1 Å². The van der Waals surface area contributed by atoms with Crippen molar-refractivity contribution in [3.8, 4) is 17.2 Å². The van der Waals surface area contributed by atoms with E-state index >= 15 is 0 Å². The second-order valence-corrected chi connectivity index (χ2v) is 6.86. The maximum absolute atomic E-state index is 13.0. The molecule has 0 unspecified atom stereocenters. The summed E-state index contributed by atoms with van der Waals surface area (Å²) in [5.41, 5.74) is 13.3. The molecule has 1 aliphatic heterocycles. The lowest BCUT2D eigenvalue weighted by molar-refractivity contribution is 0.354. The molecule has 2 aromatic carbocycles. The molecule has 0 fully saturated rings. The first-order valence-electron chi connectivity index (χ1n) is 8.71. The average Bonchev–Trinajstić information content (AvgIpc) is 2.72. The number of methoxy groups -OCH3 is 2. The smallest absolute Gasteiger partial charge is 0.344 e. The van der Waals surface area contributed by atoms with Crippen LogP contribution in [0.25, 0.3) is 11.0 Å². The summed E-state index contributed by atoms with van der Waals surface area (Å²) in [4.78, 5) is 13.0. The monoisotopic (exact) mass is 410 g/mol. The first-order valence-corrected chi connectivity index (χ1v) is 9.12. The molecule has 0 saturated heterocycles. The summed E-state index contributed by atoms with van der Waals surface area (Å²) in [5, 5.41) is 0.623. The van der Waals surface area contributed by atoms with Crippen LogP contribution in [0.3, 0.4) is 0 Å². The molecule has 1 aliphatic rings. The van der Waals surface area contributed by atoms with E-state index in [1.54, 1.807) is 43.5 Å². The molecule has 0 spiro atoms. The predicted octanol–water partition coefficient (Wildman–Crippen LogP) is 2.79. The molecule has 0 saturated carbocycles. The number of rotatable bonds is 4. The Morgan fingerprint density at radius 2 is 1.83 bits per heavy atom. The van der Waals surface area contributed by atoms with Crippen LogP contribution >= 0.6 is 12.2 Å². The minimum atomic E-state index is -0.683. The molecule has 4 rings (SSSR count). The summed E-state index contributed by atoms with van der Waals surface area (Å²) in [5.74, 6) is 0.721. The van der Waals surface area contributed by atoms with Crippen LogP contribution in [0.15, 0.2) is 63.1 Å². The van der Waals surface area contributed by atoms with Crippen molar-refractivity contribution in [2.24, 2.45) is 11.5 Å². The van der Waals surface area contributed by atoms with Crippen molar-refractivity contribution in [3.05, 3.63) is 75.5 Å². The van der Waals surface area contributed by atoms with E-state index in [9.17, 15) is 4.79 Å². The van der Waals surface area contributed by atoms with Crippen LogP contribution in [0, 0.1) is 0 Å². The van der Waals surface area contributed by atoms with Crippen molar-refractivity contribution in [2.45, 2.75) is 5.92 Å². The van der Waals surface area contributed by atoms with Gasteiger partial charge in [0.05, 0.1) is 36.7 Å². The van der Waals surface area contributed by atoms with E-state index in [1.165, 1.54) is 7.11 Å². The highest BCUT2D eigenvalue weighted by Gasteiger charge is 2.36. The molecule has 7 nitrogen and oxygen atoms in total. The van der Waals surface area contributed by atoms with Crippen LogP contribution in [-0.2, 0) is 0 Å². The lowest BCUT2D eigenvalue weighted by Gasteiger charge is -2.28. The van der Waals surface area contributed by atoms with Gasteiger partial charge in [-0.15, -0.1) is 0 Å². The summed E-state index contributed by atoms with van der Waals surface area (Å²) in [7, 11) is 3.07. The Labute approximate surface area is 171 Å². The van der Waals surface area contributed by atoms with Gasteiger partial charge in [0.1, 0.15) is 10.6 Å². The van der Waals surface area contributed by atoms with Crippen LogP contribution in [0.2, 0.25) is 0 Å². The third kappa shape index (κ3) is 2.98. The number of fused-ring (bicyclic) bond motifs is 3. The van der Waals surface area contributed by atoms with E-state index in [-0.39, 0.29) is 16.4 Å². The fourth-order valence-electron chi connectivity index (χ4n) is 3.58. The normalized spacial score (nSPS) is 15.6. The largest absolute Gasteiger partial charge is 0.493 e. The Morgan fingerprint density at radius 1 is 1.10 bits per heavy atom. The Morgan fingerprint density at radius 3 is 2.52 bits per heavy atom. The molecule has 0 radical (unpaired) electrons. The molecular weight excluding hydrogens is 392 g/mol. The van der Waals surface area contributed by atoms with E-state index in [4.69, 9.17) is 42.3 Å². The van der Waals surface area contributed by atoms with Crippen LogP contribution in [0.4, 0.5) is 0 Å². The molecule has 4 N–H and O–H groups in total. The Kier molecular flexibility index (Phi) is 4.63. The number of nitrogens with two attached hydrogens (primary N) is 2. The van der Waals surface area contributed by atoms with Gasteiger partial charge >= 0.3 is 5.63 Å². The molecule has 2 heterocycles. The zero-order valence-electron chi connectivity index (χ0n) is 15.7. The quantitative estimate of drug-likeness (QED) is 0.499. The molecule has 0 aliphatic carbocycles. The number of ether oxygens (including phenoxy) is 3. The van der Waals surface area contributed by atoms with Crippen LogP contribution in [0.5, 0.6) is 17.2 Å². The summed E-state index contributed by atoms with van der Waals surface area (Å²) in [6.45, 7) is 0. The third-order valence-corrected chi connectivity index (χ3v) is 5.08. The van der Waals surface area contributed by atoms with E-state index < -0.39 is 11.5 Å². The van der Waals surface area contributed by atoms with Gasteiger partial charge in [-0.3, -0.25) is 0 Å². The highest BCUT2D eigenvalue weighted by atomic mass is 32.1.